The van der Waals surface area contributed by atoms with Crippen LogP contribution >= 0.6 is 15.9 Å². The third kappa shape index (κ3) is 22.0. The normalized spacial score (nSPS) is 12.9. The molecule has 0 heterocycles. The number of ketones is 1. The van der Waals surface area contributed by atoms with Gasteiger partial charge in [0, 0.05) is 27.3 Å². The molecule has 0 spiro atoms. The van der Waals surface area contributed by atoms with E-state index in [0.29, 0.717) is 13.2 Å². The molecule has 24 rings (SSSR count). The van der Waals surface area contributed by atoms with Crippen LogP contribution in [0.2, 0.25) is 0 Å². The number of alkyl halides is 1. The topological polar surface area (TPSA) is 166 Å². The van der Waals surface area contributed by atoms with Crippen LogP contribution in [0.15, 0.2) is 475 Å². The maximum atomic E-state index is 11.9. The fourth-order valence-electron chi connectivity index (χ4n) is 21.1. The fraction of sp³-hybridized carbons (Fsp3) is 0.128. The maximum absolute atomic E-state index is 11.9. The summed E-state index contributed by atoms with van der Waals surface area (Å²) in [6.45, 7) is 28.9. The molecule has 0 fully saturated rings. The monoisotopic (exact) mass is 2030 g/mol. The van der Waals surface area contributed by atoms with Crippen LogP contribution in [0.25, 0.3) is 66.8 Å². The van der Waals surface area contributed by atoms with Gasteiger partial charge in [-0.15, -0.1) is 6.58 Å². The molecule has 0 aliphatic heterocycles. The summed E-state index contributed by atoms with van der Waals surface area (Å²) in [5.41, 5.74) is 35.7. The van der Waals surface area contributed by atoms with E-state index in [9.17, 15) is 25.2 Å². The SMILES string of the molecule is C.C=CCBr.C=CCOc1ccc(C2(c3ccc(OCC=C)cc3)c3ccccc3-c3ccccc32)cc1.CC.CC.CC1(C)c2ccccc2-c2ccccc21.CC1(C)c2ccccc2-c2ccccc21.O=C1c2ccccc2-c2ccccc21.O=CO[O-].Oc1ccc(C2(c3ccc(O)cc3)c3ccccc3-c3ccccc32)cc1.Oc1ccc(C2(c3ccc(O)cc3)c3ccccc3-c3ccccc32)cc1.[H-].[K+].[K+]. The summed E-state index contributed by atoms with van der Waals surface area (Å²) >= 11 is 3.13. The van der Waals surface area contributed by atoms with Gasteiger partial charge in [-0.2, -0.15) is 0 Å². The van der Waals surface area contributed by atoms with Crippen molar-refractivity contribution in [2.24, 2.45) is 0 Å². The van der Waals surface area contributed by atoms with Crippen LogP contribution in [0, 0.1) is 0 Å². The average Bonchev–Trinajstić information content (AvgIpc) is 1.55. The fourth-order valence-corrected chi connectivity index (χ4v) is 21.1. The molecule has 0 bridgehead atoms. The molecule has 4 N–H and O–H groups in total. The number of ether oxygens (including phenoxy) is 2. The molecule has 0 aromatic heterocycles. The second-order valence-corrected chi connectivity index (χ2v) is 36.1. The Balaban J connectivity index is 0.000000167. The van der Waals surface area contributed by atoms with Crippen molar-refractivity contribution in [2.45, 2.75) is 89.9 Å². The summed E-state index contributed by atoms with van der Waals surface area (Å²) in [6, 6.07) is 148. The van der Waals surface area contributed by atoms with Gasteiger partial charge in [0.15, 0.2) is 5.78 Å². The Morgan fingerprint density at radius 1 is 0.267 bits per heavy atom. The molecule has 0 atom stereocenters. The summed E-state index contributed by atoms with van der Waals surface area (Å²) < 4.78 is 11.5. The van der Waals surface area contributed by atoms with Crippen molar-refractivity contribution in [1.29, 1.82) is 0 Å². The van der Waals surface area contributed by atoms with E-state index in [1.54, 1.807) is 66.8 Å². The molecular formula is C133H121BrK2O10. The number of aromatic hydroxyl groups is 4. The number of carbonyl (C=O) groups excluding carboxylic acids is 2. The van der Waals surface area contributed by atoms with Gasteiger partial charge in [-0.1, -0.05) is 474 Å². The van der Waals surface area contributed by atoms with Gasteiger partial charge in [0.25, 0.3) is 6.47 Å². The second-order valence-electron chi connectivity index (χ2n) is 35.4. The van der Waals surface area contributed by atoms with Crippen LogP contribution < -0.4 is 118 Å². The molecule has 0 saturated carbocycles. The molecule has 0 amide bonds. The van der Waals surface area contributed by atoms with E-state index in [1.165, 1.54) is 122 Å². The Hall–Kier alpha value is -13.2. The summed E-state index contributed by atoms with van der Waals surface area (Å²) in [7, 11) is 0. The van der Waals surface area contributed by atoms with Crippen molar-refractivity contribution in [2.75, 3.05) is 18.5 Å². The Kier molecular flexibility index (Phi) is 39.2. The molecule has 146 heavy (non-hydrogen) atoms. The molecule has 13 heteroatoms. The standard InChI is InChI=1S/C31H26O2.2C25H18O2.2C15H14.C13H8O.C3H5Br.2C2H6.CH2O3.CH4.2K.H/c1-3-21-32-25-17-13-23(14-18-25)31(24-15-19-26(20-16-24)33-22-4-2)29-11-7-5-9-27(29)28-10-6-8-12-30(28)31;2*26-19-13-9-17(10-14-19)25(18-11-15-20(27)16-12-18)23-7-3-1-5-21(23)22-6-2-4-8-24(22)25;2*1-15(2)13-9-5-3-7-11(13)12-8-4-6-10-14(12)15;14-13-11-7-3-1-5-9(11)10-6-2-4-8-12(10)13;1-2-3-4;2*1-2;2-1-4-3;;;;/h3-20H,1-2,21-22H2;2*1-16,26-27H;2*3-10H,1-2H3;1-8H;2H,1,3H2;2*1-2H3;1,3H;1H4;;;/q;;;;;;;;;;;2*+1;-1/p-1. The first-order valence-electron chi connectivity index (χ1n) is 48.3. The molecule has 10 nitrogen and oxygen atoms in total. The van der Waals surface area contributed by atoms with Crippen LogP contribution in [-0.4, -0.2) is 51.2 Å². The van der Waals surface area contributed by atoms with E-state index in [0.717, 1.165) is 61.3 Å². The molecule has 0 saturated heterocycles. The van der Waals surface area contributed by atoms with E-state index in [4.69, 9.17) is 19.5 Å². The summed E-state index contributed by atoms with van der Waals surface area (Å²) in [4.78, 5) is 23.1. The number of fused-ring (bicyclic) bond motifs is 18. The van der Waals surface area contributed by atoms with Gasteiger partial charge in [0.1, 0.15) is 47.7 Å². The van der Waals surface area contributed by atoms with Crippen LogP contribution in [0.5, 0.6) is 34.5 Å². The maximum Gasteiger partial charge on any atom is 1.00 e. The third-order valence-electron chi connectivity index (χ3n) is 27.1. The van der Waals surface area contributed by atoms with E-state index >= 15 is 0 Å². The number of hydrogen-bond donors (Lipinski definition) is 4. The first kappa shape index (κ1) is 112. The molecule has 6 aliphatic carbocycles. The number of phenolic OH excluding ortho intramolecular Hbond substituents is 4. The van der Waals surface area contributed by atoms with Gasteiger partial charge >= 0.3 is 103 Å². The predicted octanol–water partition coefficient (Wildman–Crippen LogP) is 25.8. The van der Waals surface area contributed by atoms with Crippen LogP contribution in [-0.2, 0) is 36.8 Å². The summed E-state index contributed by atoms with van der Waals surface area (Å²) in [5, 5.41) is 48.7. The number of hydrogen-bond acceptors (Lipinski definition) is 10. The van der Waals surface area contributed by atoms with E-state index in [-0.39, 0.29) is 158 Å². The molecule has 18 aromatic rings. The van der Waals surface area contributed by atoms with Gasteiger partial charge in [0.2, 0.25) is 0 Å². The van der Waals surface area contributed by atoms with Gasteiger partial charge in [0.05, 0.1) is 16.2 Å². The largest absolute Gasteiger partial charge is 1.00 e. The first-order chi connectivity index (χ1) is 69.8. The molecule has 0 radical (unpaired) electrons. The number of rotatable bonds is 14. The predicted molar refractivity (Wildman–Crippen MR) is 594 cm³/mol. The molecule has 722 valence electrons. The zero-order valence-electron chi connectivity index (χ0n) is 84.7. The molecule has 6 aliphatic rings. The number of benzene rings is 18. The van der Waals surface area contributed by atoms with E-state index in [1.807, 2.05) is 149 Å². The minimum absolute atomic E-state index is 0. The van der Waals surface area contributed by atoms with Crippen LogP contribution in [0.1, 0.15) is 169 Å². The first-order valence-corrected chi connectivity index (χ1v) is 49.4. The summed E-state index contributed by atoms with van der Waals surface area (Å²) in [5.74, 6) is 2.82. The third-order valence-corrected chi connectivity index (χ3v) is 27.6. The Bertz CT molecular complexity index is 6780. The zero-order valence-corrected chi connectivity index (χ0v) is 91.6. The minimum atomic E-state index is -0.491. The summed E-state index contributed by atoms with van der Waals surface area (Å²) in [6.07, 6.45) is 5.31. The van der Waals surface area contributed by atoms with Crippen molar-refractivity contribution in [3.05, 3.63) is 575 Å². The Labute approximate surface area is 955 Å². The van der Waals surface area contributed by atoms with Crippen molar-refractivity contribution < 1.29 is 154 Å². The van der Waals surface area contributed by atoms with Crippen LogP contribution in [0.3, 0.4) is 0 Å². The number of allylic oxidation sites excluding steroid dienone is 1. The van der Waals surface area contributed by atoms with Crippen molar-refractivity contribution in [1.82, 2.24) is 0 Å². The Morgan fingerprint density at radius 3 is 0.589 bits per heavy atom. The average molecular weight is 2040 g/mol. The van der Waals surface area contributed by atoms with Crippen molar-refractivity contribution in [3.63, 3.8) is 0 Å². The second kappa shape index (κ2) is 51.3. The van der Waals surface area contributed by atoms with E-state index in [2.05, 4.69) is 335 Å². The minimum Gasteiger partial charge on any atom is -1.00 e. The zero-order chi connectivity index (χ0) is 101. The van der Waals surface area contributed by atoms with Gasteiger partial charge in [-0.3, -0.25) is 9.59 Å². The van der Waals surface area contributed by atoms with Gasteiger partial charge in [-0.05, 0) is 229 Å². The van der Waals surface area contributed by atoms with E-state index < -0.39 is 16.2 Å². The number of halogens is 1. The molecule has 0 unspecified atom stereocenters. The van der Waals surface area contributed by atoms with Crippen molar-refractivity contribution in [3.8, 4) is 101 Å². The Morgan fingerprint density at radius 2 is 0.418 bits per heavy atom. The smallest absolute Gasteiger partial charge is 1.00 e. The van der Waals surface area contributed by atoms with Gasteiger partial charge < -0.3 is 41.5 Å². The quantitative estimate of drug-likeness (QED) is 0.0206. The molecule has 18 aromatic carbocycles. The number of carbonyl (C=O) groups is 2. The van der Waals surface area contributed by atoms with Crippen molar-refractivity contribution >= 4 is 28.2 Å². The van der Waals surface area contributed by atoms with Gasteiger partial charge in [-0.25, -0.2) is 0 Å². The number of phenols is 4. The molecular weight excluding hydrogens is 1920 g/mol. The van der Waals surface area contributed by atoms with Crippen LogP contribution in [0.4, 0.5) is 0 Å².